The molecule has 1 amide bonds. The number of carbonyl (C=O) groups excluding carboxylic acids is 1. The number of hydrogen-bond acceptors (Lipinski definition) is 11. The van der Waals surface area contributed by atoms with Crippen molar-refractivity contribution < 1.29 is 19.0 Å². The maximum absolute atomic E-state index is 12.4. The van der Waals surface area contributed by atoms with Crippen LogP contribution in [0.25, 0.3) is 5.65 Å². The minimum absolute atomic E-state index is 0.144. The van der Waals surface area contributed by atoms with Crippen LogP contribution in [0.1, 0.15) is 56.8 Å². The highest BCUT2D eigenvalue weighted by molar-refractivity contribution is 5.81. The zero-order valence-electron chi connectivity index (χ0n) is 26.7. The van der Waals surface area contributed by atoms with Gasteiger partial charge in [-0.1, -0.05) is 16.4 Å². The van der Waals surface area contributed by atoms with Crippen LogP contribution in [0.4, 0.5) is 5.82 Å². The van der Waals surface area contributed by atoms with Crippen molar-refractivity contribution in [3.8, 4) is 17.5 Å². The Balaban J connectivity index is 1.14. The van der Waals surface area contributed by atoms with E-state index < -0.39 is 0 Å². The predicted molar refractivity (Wildman–Crippen MR) is 167 cm³/mol. The van der Waals surface area contributed by atoms with Crippen molar-refractivity contribution in [3.63, 3.8) is 0 Å². The van der Waals surface area contributed by atoms with Crippen LogP contribution in [0.5, 0.6) is 17.5 Å². The number of rotatable bonds is 11. The van der Waals surface area contributed by atoms with Crippen LogP contribution >= 0.6 is 0 Å². The maximum Gasteiger partial charge on any atom is 0.338 e. The number of fused-ring (bicyclic) bond motifs is 1. The van der Waals surface area contributed by atoms with E-state index in [2.05, 4.69) is 50.2 Å². The van der Waals surface area contributed by atoms with Gasteiger partial charge in [0.2, 0.25) is 5.91 Å². The topological polar surface area (TPSA) is 128 Å². The van der Waals surface area contributed by atoms with Gasteiger partial charge in [0.25, 0.3) is 0 Å². The van der Waals surface area contributed by atoms with Crippen LogP contribution in [0.3, 0.4) is 0 Å². The zero-order valence-corrected chi connectivity index (χ0v) is 26.7. The maximum atomic E-state index is 12.4. The first-order chi connectivity index (χ1) is 21.8. The second-order valence-electron chi connectivity index (χ2n) is 12.0. The fraction of sp³-hybridized carbons (Fsp3) is 0.548. The molecule has 5 heterocycles. The van der Waals surface area contributed by atoms with E-state index in [1.165, 1.54) is 0 Å². The van der Waals surface area contributed by atoms with Crippen LogP contribution in [0.15, 0.2) is 36.5 Å². The summed E-state index contributed by atoms with van der Waals surface area (Å²) in [5.41, 5.74) is 2.57. The third kappa shape index (κ3) is 6.65. The number of ether oxygens (including phenoxy) is 3. The van der Waals surface area contributed by atoms with E-state index in [-0.39, 0.29) is 18.0 Å². The van der Waals surface area contributed by atoms with E-state index in [0.717, 1.165) is 67.6 Å². The van der Waals surface area contributed by atoms with Gasteiger partial charge >= 0.3 is 6.01 Å². The molecule has 45 heavy (non-hydrogen) atoms. The van der Waals surface area contributed by atoms with E-state index in [0.29, 0.717) is 37.3 Å². The molecule has 4 aromatic rings. The van der Waals surface area contributed by atoms with Crippen molar-refractivity contribution in [2.45, 2.75) is 58.2 Å². The minimum atomic E-state index is -0.144. The van der Waals surface area contributed by atoms with Crippen LogP contribution in [-0.2, 0) is 11.4 Å². The molecule has 0 N–H and O–H groups in total. The molecule has 6 rings (SSSR count). The summed E-state index contributed by atoms with van der Waals surface area (Å²) in [6.45, 7) is 10.8. The van der Waals surface area contributed by atoms with Crippen molar-refractivity contribution in [2.75, 3.05) is 58.4 Å². The summed E-state index contributed by atoms with van der Waals surface area (Å²) >= 11 is 0. The van der Waals surface area contributed by atoms with Gasteiger partial charge in [0.05, 0.1) is 19.3 Å². The number of methoxy groups -OCH3 is 1. The van der Waals surface area contributed by atoms with E-state index in [4.69, 9.17) is 19.3 Å². The highest BCUT2D eigenvalue weighted by Gasteiger charge is 2.29. The molecule has 0 radical (unpaired) electrons. The fourth-order valence-corrected chi connectivity index (χ4v) is 5.97. The minimum Gasteiger partial charge on any atom is -0.492 e. The summed E-state index contributed by atoms with van der Waals surface area (Å²) < 4.78 is 21.4. The summed E-state index contributed by atoms with van der Waals surface area (Å²) in [5, 5.41) is 21.4. The highest BCUT2D eigenvalue weighted by atomic mass is 16.5. The summed E-state index contributed by atoms with van der Waals surface area (Å²) in [6, 6.07) is 10.5. The number of aromatic nitrogens is 7. The molecule has 0 spiro atoms. The molecule has 0 bridgehead atoms. The van der Waals surface area contributed by atoms with Gasteiger partial charge in [-0.3, -0.25) is 9.69 Å². The average Bonchev–Trinajstić information content (AvgIpc) is 3.71. The van der Waals surface area contributed by atoms with Crippen molar-refractivity contribution in [3.05, 3.63) is 47.8 Å². The van der Waals surface area contributed by atoms with Crippen molar-refractivity contribution in [1.29, 1.82) is 0 Å². The van der Waals surface area contributed by atoms with Gasteiger partial charge in [0.1, 0.15) is 36.2 Å². The largest absolute Gasteiger partial charge is 0.492 e. The molecule has 2 fully saturated rings. The van der Waals surface area contributed by atoms with Crippen molar-refractivity contribution in [2.24, 2.45) is 0 Å². The molecule has 240 valence electrons. The Morgan fingerprint density at radius 1 is 1.00 bits per heavy atom. The molecule has 1 aromatic carbocycles. The van der Waals surface area contributed by atoms with Gasteiger partial charge in [-0.2, -0.15) is 4.52 Å². The predicted octanol–water partition coefficient (Wildman–Crippen LogP) is 2.81. The zero-order chi connectivity index (χ0) is 31.5. The first-order valence-electron chi connectivity index (χ1n) is 15.6. The molecule has 14 heteroatoms. The summed E-state index contributed by atoms with van der Waals surface area (Å²) in [4.78, 5) is 18.6. The van der Waals surface area contributed by atoms with Crippen LogP contribution in [0.2, 0.25) is 0 Å². The van der Waals surface area contributed by atoms with E-state index in [1.807, 2.05) is 49.1 Å². The van der Waals surface area contributed by atoms with Crippen LogP contribution < -0.4 is 19.1 Å². The number of piperazine rings is 1. The molecule has 3 aromatic heterocycles. The molecule has 2 aliphatic rings. The van der Waals surface area contributed by atoms with E-state index in [9.17, 15) is 4.79 Å². The third-order valence-electron chi connectivity index (χ3n) is 8.76. The van der Waals surface area contributed by atoms with Gasteiger partial charge in [-0.15, -0.1) is 15.3 Å². The Labute approximate surface area is 262 Å². The number of likely N-dealkylation sites (N-methyl/N-ethyl adjacent to an activating group) is 1. The highest BCUT2D eigenvalue weighted by Crippen LogP contribution is 2.38. The molecule has 14 nitrogen and oxygen atoms in total. The number of piperidine rings is 1. The lowest BCUT2D eigenvalue weighted by Gasteiger charge is -2.37. The lowest BCUT2D eigenvalue weighted by molar-refractivity contribution is -0.139. The molecule has 1 atom stereocenters. The molecule has 1 unspecified atom stereocenters. The quantitative estimate of drug-likeness (QED) is 0.246. The molecule has 0 aliphatic carbocycles. The number of amides is 1. The van der Waals surface area contributed by atoms with Gasteiger partial charge < -0.3 is 24.0 Å². The van der Waals surface area contributed by atoms with E-state index in [1.54, 1.807) is 16.5 Å². The monoisotopic (exact) mass is 618 g/mol. The number of carbonyl (C=O) groups is 1. The number of hydrogen-bond donors (Lipinski definition) is 0. The Bertz CT molecular complexity index is 1610. The number of benzene rings is 1. The standard InChI is InChI=1S/C31H42N10O4/c1-21(2)40-19-24(32-36-40)20-45-27-18-25(44-17-16-38-15-14-37(4)30(42)22(38)3)6-7-26(27)23-10-12-39(13-11-23)29-9-8-28-33-34-31(43-5)41(28)35-29/h6-9,18-19,21-23H,10-17,20H2,1-5H3. The van der Waals surface area contributed by atoms with Gasteiger partial charge in [-0.25, -0.2) is 4.68 Å². The van der Waals surface area contributed by atoms with E-state index >= 15 is 0 Å². The Morgan fingerprint density at radius 3 is 2.58 bits per heavy atom. The number of nitrogens with zero attached hydrogens (tertiary/aromatic N) is 10. The first-order valence-corrected chi connectivity index (χ1v) is 15.6. The van der Waals surface area contributed by atoms with Crippen molar-refractivity contribution in [1.82, 2.24) is 44.6 Å². The summed E-state index contributed by atoms with van der Waals surface area (Å²) in [5.74, 6) is 2.86. The second kappa shape index (κ2) is 13.3. The Morgan fingerprint density at radius 2 is 1.82 bits per heavy atom. The molecule has 2 aliphatic heterocycles. The normalized spacial score (nSPS) is 18.3. The Kier molecular flexibility index (Phi) is 9.01. The second-order valence-corrected chi connectivity index (χ2v) is 12.0. The fourth-order valence-electron chi connectivity index (χ4n) is 5.97. The SMILES string of the molecule is COc1nnc2ccc(N3CCC(c4ccc(OCCN5CCN(C)C(=O)C5C)cc4OCc4cn(C(C)C)nn4)CC3)nn12. The first kappa shape index (κ1) is 30.6. The van der Waals surface area contributed by atoms with Gasteiger partial charge in [0, 0.05) is 51.9 Å². The van der Waals surface area contributed by atoms with Crippen LogP contribution in [0, 0.1) is 0 Å². The molecule has 2 saturated heterocycles. The molecule has 0 saturated carbocycles. The number of anilines is 1. The molecular formula is C31H42N10O4. The smallest absolute Gasteiger partial charge is 0.338 e. The lowest BCUT2D eigenvalue weighted by atomic mass is 9.88. The summed E-state index contributed by atoms with van der Waals surface area (Å²) in [7, 11) is 3.42. The van der Waals surface area contributed by atoms with Crippen molar-refractivity contribution >= 4 is 17.4 Å². The average molecular weight is 619 g/mol. The molecular weight excluding hydrogens is 576 g/mol. The van der Waals surface area contributed by atoms with Gasteiger partial charge in [-0.05, 0) is 63.3 Å². The summed E-state index contributed by atoms with van der Waals surface area (Å²) in [6.07, 6.45) is 3.80. The van der Waals surface area contributed by atoms with Gasteiger partial charge in [0.15, 0.2) is 5.65 Å². The lowest BCUT2D eigenvalue weighted by Crippen LogP contribution is -2.55. The van der Waals surface area contributed by atoms with Crippen LogP contribution in [-0.4, -0.2) is 110 Å². The third-order valence-corrected chi connectivity index (χ3v) is 8.76. The Hall–Kier alpha value is -4.46.